The Labute approximate surface area is 160 Å². The predicted molar refractivity (Wildman–Crippen MR) is 106 cm³/mol. The average Bonchev–Trinajstić information content (AvgIpc) is 3.02. The van der Waals surface area contributed by atoms with Gasteiger partial charge in [0, 0.05) is 31.9 Å². The molecule has 2 aromatic rings. The zero-order chi connectivity index (χ0) is 19.2. The lowest BCUT2D eigenvalue weighted by Crippen LogP contribution is -2.40. The van der Waals surface area contributed by atoms with E-state index in [4.69, 9.17) is 9.94 Å². The molecule has 1 atom stereocenters. The predicted octanol–water partition coefficient (Wildman–Crippen LogP) is 3.15. The van der Waals surface area contributed by atoms with Crippen LogP contribution in [0.2, 0.25) is 0 Å². The molecule has 144 valence electrons. The highest BCUT2D eigenvalue weighted by molar-refractivity contribution is 5.89. The number of piperidine rings is 1. The van der Waals surface area contributed by atoms with Crippen molar-refractivity contribution in [2.75, 3.05) is 26.2 Å². The molecule has 0 saturated carbocycles. The van der Waals surface area contributed by atoms with E-state index in [1.165, 1.54) is 11.1 Å². The number of carbonyl (C=O) groups is 1. The molecule has 1 aromatic heterocycles. The number of hydrogen-bond donors (Lipinski definition) is 1. The Morgan fingerprint density at radius 3 is 2.93 bits per heavy atom. The fourth-order valence-electron chi connectivity index (χ4n) is 3.58. The number of hydrogen-bond acceptors (Lipinski definition) is 4. The first-order valence-corrected chi connectivity index (χ1v) is 9.38. The summed E-state index contributed by atoms with van der Waals surface area (Å²) in [5.74, 6) is -0.964. The van der Waals surface area contributed by atoms with E-state index in [-0.39, 0.29) is 5.92 Å². The van der Waals surface area contributed by atoms with E-state index >= 15 is 0 Å². The van der Waals surface area contributed by atoms with E-state index in [0.717, 1.165) is 30.6 Å². The molecular weight excluding hydrogens is 342 g/mol. The first kappa shape index (κ1) is 19.2. The van der Waals surface area contributed by atoms with Crippen LogP contribution in [0.3, 0.4) is 0 Å². The molecule has 3 rings (SSSR count). The molecule has 0 amide bonds. The molecule has 1 saturated heterocycles. The van der Waals surface area contributed by atoms with E-state index in [1.807, 2.05) is 29.9 Å². The highest BCUT2D eigenvalue weighted by atomic mass is 16.6. The molecule has 6 nitrogen and oxygen atoms in total. The van der Waals surface area contributed by atoms with Gasteiger partial charge in [0.25, 0.3) is 0 Å². The third-order valence-corrected chi connectivity index (χ3v) is 5.16. The lowest BCUT2D eigenvalue weighted by molar-refractivity contribution is -0.143. The minimum Gasteiger partial charge on any atom is -0.481 e. The van der Waals surface area contributed by atoms with E-state index in [9.17, 15) is 4.79 Å². The smallest absolute Gasteiger partial charge is 0.307 e. The quantitative estimate of drug-likeness (QED) is 0.462. The van der Waals surface area contributed by atoms with Gasteiger partial charge < -0.3 is 14.5 Å². The first-order chi connectivity index (χ1) is 13.1. The van der Waals surface area contributed by atoms with Gasteiger partial charge in [0.2, 0.25) is 0 Å². The number of aryl methyl sites for hydroxylation is 2. The van der Waals surface area contributed by atoms with Gasteiger partial charge in [0.05, 0.1) is 17.8 Å². The van der Waals surface area contributed by atoms with E-state index < -0.39 is 5.97 Å². The Balaban J connectivity index is 1.56. The number of rotatable bonds is 7. The largest absolute Gasteiger partial charge is 0.481 e. The fourth-order valence-corrected chi connectivity index (χ4v) is 3.58. The Morgan fingerprint density at radius 2 is 2.15 bits per heavy atom. The Hall–Kier alpha value is -2.60. The Kier molecular flexibility index (Phi) is 6.29. The number of likely N-dealkylation sites (tertiary alicyclic amines) is 1. The van der Waals surface area contributed by atoms with Crippen molar-refractivity contribution in [2.45, 2.75) is 19.8 Å². The molecule has 1 aliphatic heterocycles. The minimum atomic E-state index is -0.703. The molecule has 0 aliphatic carbocycles. The summed E-state index contributed by atoms with van der Waals surface area (Å²) in [6.07, 6.45) is 5.45. The topological polar surface area (TPSA) is 67.1 Å². The van der Waals surface area contributed by atoms with E-state index in [2.05, 4.69) is 35.2 Å². The van der Waals surface area contributed by atoms with Crippen LogP contribution in [0.1, 0.15) is 24.1 Å². The normalized spacial score (nSPS) is 18.1. The molecule has 1 fully saturated rings. The third kappa shape index (κ3) is 4.77. The van der Waals surface area contributed by atoms with Crippen molar-refractivity contribution in [3.8, 4) is 11.1 Å². The number of oxime groups is 1. The number of aliphatic carboxylic acids is 1. The fraction of sp³-hybridized carbons (Fsp3) is 0.429. The number of carboxylic acids is 1. The van der Waals surface area contributed by atoms with Crippen molar-refractivity contribution in [2.24, 2.45) is 18.1 Å². The second-order valence-corrected chi connectivity index (χ2v) is 7.09. The van der Waals surface area contributed by atoms with Gasteiger partial charge in [-0.2, -0.15) is 0 Å². The zero-order valence-electron chi connectivity index (χ0n) is 16.0. The van der Waals surface area contributed by atoms with Crippen molar-refractivity contribution in [3.63, 3.8) is 0 Å². The maximum atomic E-state index is 11.1. The summed E-state index contributed by atoms with van der Waals surface area (Å²) in [6.45, 7) is 4.76. The van der Waals surface area contributed by atoms with Gasteiger partial charge in [-0.25, -0.2) is 0 Å². The lowest BCUT2D eigenvalue weighted by Gasteiger charge is -2.29. The van der Waals surface area contributed by atoms with Crippen LogP contribution in [0.15, 0.2) is 41.7 Å². The lowest BCUT2D eigenvalue weighted by atomic mass is 9.98. The molecule has 1 aliphatic rings. The van der Waals surface area contributed by atoms with Crippen molar-refractivity contribution in [3.05, 3.63) is 47.8 Å². The molecule has 2 heterocycles. The molecule has 6 heteroatoms. The molecule has 1 aromatic carbocycles. The van der Waals surface area contributed by atoms with Crippen LogP contribution in [0.4, 0.5) is 0 Å². The van der Waals surface area contributed by atoms with Gasteiger partial charge >= 0.3 is 5.97 Å². The molecule has 0 bridgehead atoms. The van der Waals surface area contributed by atoms with Gasteiger partial charge in [-0.3, -0.25) is 9.69 Å². The van der Waals surface area contributed by atoms with Gasteiger partial charge in [-0.15, -0.1) is 0 Å². The summed E-state index contributed by atoms with van der Waals surface area (Å²) in [4.78, 5) is 18.7. The van der Waals surface area contributed by atoms with Crippen LogP contribution in [0.25, 0.3) is 11.1 Å². The summed E-state index contributed by atoms with van der Waals surface area (Å²) in [5, 5.41) is 13.3. The highest BCUT2D eigenvalue weighted by Crippen LogP contribution is 2.26. The summed E-state index contributed by atoms with van der Waals surface area (Å²) < 4.78 is 2.02. The van der Waals surface area contributed by atoms with Gasteiger partial charge in [0.1, 0.15) is 6.61 Å². The Bertz CT molecular complexity index is 813. The minimum absolute atomic E-state index is 0.262. The molecule has 1 N–H and O–H groups in total. The van der Waals surface area contributed by atoms with Crippen molar-refractivity contribution in [1.29, 1.82) is 0 Å². The standard InChI is InChI=1S/C21H27N3O3/c1-16-6-3-4-8-18(16)19-9-11-23(2)20(19)14-22-27-13-12-24-10-5-7-17(15-24)21(25)26/h3-4,6,8-9,11,14,17H,5,7,10,12-13,15H2,1-2H3,(H,25,26)/t17-/m1/s1. The van der Waals surface area contributed by atoms with Crippen molar-refractivity contribution in [1.82, 2.24) is 9.47 Å². The van der Waals surface area contributed by atoms with Crippen LogP contribution in [-0.2, 0) is 16.7 Å². The second-order valence-electron chi connectivity index (χ2n) is 7.09. The number of aromatic nitrogens is 1. The SMILES string of the molecule is Cc1ccccc1-c1ccn(C)c1C=NOCCN1CCC[C@@H](C(=O)O)C1. The van der Waals surface area contributed by atoms with Crippen molar-refractivity contribution < 1.29 is 14.7 Å². The summed E-state index contributed by atoms with van der Waals surface area (Å²) in [5.41, 5.74) is 4.53. The van der Waals surface area contributed by atoms with Gasteiger partial charge in [-0.05, 0) is 43.5 Å². The average molecular weight is 369 g/mol. The number of benzene rings is 1. The molecule has 0 unspecified atom stereocenters. The van der Waals surface area contributed by atoms with Crippen LogP contribution in [0, 0.1) is 12.8 Å². The molecule has 27 heavy (non-hydrogen) atoms. The number of nitrogens with zero attached hydrogens (tertiary/aromatic N) is 3. The molecular formula is C21H27N3O3. The molecule has 0 radical (unpaired) electrons. The zero-order valence-corrected chi connectivity index (χ0v) is 16.0. The van der Waals surface area contributed by atoms with Gasteiger partial charge in [-0.1, -0.05) is 29.4 Å². The van der Waals surface area contributed by atoms with E-state index in [0.29, 0.717) is 19.7 Å². The highest BCUT2D eigenvalue weighted by Gasteiger charge is 2.24. The maximum Gasteiger partial charge on any atom is 0.307 e. The van der Waals surface area contributed by atoms with E-state index in [1.54, 1.807) is 6.21 Å². The monoisotopic (exact) mass is 369 g/mol. The van der Waals surface area contributed by atoms with Gasteiger partial charge in [0.15, 0.2) is 0 Å². The summed E-state index contributed by atoms with van der Waals surface area (Å²) >= 11 is 0. The van der Waals surface area contributed by atoms with Crippen molar-refractivity contribution >= 4 is 12.2 Å². The maximum absolute atomic E-state index is 11.1. The van der Waals surface area contributed by atoms with Crippen LogP contribution < -0.4 is 0 Å². The number of carboxylic acid groups (broad SMARTS) is 1. The van der Waals surface area contributed by atoms with Crippen LogP contribution in [-0.4, -0.2) is 53.0 Å². The van der Waals surface area contributed by atoms with Crippen LogP contribution >= 0.6 is 0 Å². The first-order valence-electron chi connectivity index (χ1n) is 9.38. The third-order valence-electron chi connectivity index (χ3n) is 5.16. The summed E-state index contributed by atoms with van der Waals surface area (Å²) in [7, 11) is 1.99. The molecule has 0 spiro atoms. The second kappa shape index (κ2) is 8.86. The summed E-state index contributed by atoms with van der Waals surface area (Å²) in [6, 6.07) is 10.4. The Morgan fingerprint density at radius 1 is 1.33 bits per heavy atom. The van der Waals surface area contributed by atoms with Crippen LogP contribution in [0.5, 0.6) is 0 Å².